The van der Waals surface area contributed by atoms with Gasteiger partial charge < -0.3 is 10.4 Å². The van der Waals surface area contributed by atoms with Crippen LogP contribution in [0.25, 0.3) is 0 Å². The maximum atomic E-state index is 9.85. The molecular formula is C11H22N2O. The molecule has 14 heavy (non-hydrogen) atoms. The van der Waals surface area contributed by atoms with Crippen LogP contribution >= 0.6 is 0 Å². The number of aliphatic hydroxyl groups excluding tert-OH is 1. The van der Waals surface area contributed by atoms with Crippen molar-refractivity contribution in [2.45, 2.75) is 50.8 Å². The van der Waals surface area contributed by atoms with E-state index in [4.69, 9.17) is 0 Å². The smallest absolute Gasteiger partial charge is 0.0831 e. The van der Waals surface area contributed by atoms with E-state index in [1.807, 2.05) is 0 Å². The molecule has 0 aliphatic carbocycles. The molecule has 2 N–H and O–H groups in total. The van der Waals surface area contributed by atoms with Crippen LogP contribution in [0.2, 0.25) is 0 Å². The van der Waals surface area contributed by atoms with E-state index in [1.165, 1.54) is 32.2 Å². The van der Waals surface area contributed by atoms with Crippen molar-refractivity contribution >= 4 is 0 Å². The molecule has 82 valence electrons. The quantitative estimate of drug-likeness (QED) is 0.647. The highest BCUT2D eigenvalue weighted by molar-refractivity contribution is 4.91. The van der Waals surface area contributed by atoms with E-state index in [0.29, 0.717) is 12.1 Å². The predicted molar refractivity (Wildman–Crippen MR) is 57.3 cm³/mol. The van der Waals surface area contributed by atoms with Gasteiger partial charge in [0.1, 0.15) is 0 Å². The minimum absolute atomic E-state index is 0.157. The topological polar surface area (TPSA) is 35.5 Å². The van der Waals surface area contributed by atoms with Crippen molar-refractivity contribution < 1.29 is 5.11 Å². The van der Waals surface area contributed by atoms with Crippen LogP contribution in [0.5, 0.6) is 0 Å². The fourth-order valence-corrected chi connectivity index (χ4v) is 2.78. The first-order chi connectivity index (χ1) is 6.79. The van der Waals surface area contributed by atoms with Gasteiger partial charge in [-0.2, -0.15) is 0 Å². The van der Waals surface area contributed by atoms with Crippen molar-refractivity contribution in [3.8, 4) is 0 Å². The molecule has 0 aromatic carbocycles. The molecule has 0 bridgehead atoms. The molecule has 1 unspecified atom stereocenters. The van der Waals surface area contributed by atoms with Crippen LogP contribution in [0.4, 0.5) is 0 Å². The Bertz CT molecular complexity index is 186. The summed E-state index contributed by atoms with van der Waals surface area (Å²) < 4.78 is 0. The van der Waals surface area contributed by atoms with E-state index < -0.39 is 0 Å². The Morgan fingerprint density at radius 3 is 2.79 bits per heavy atom. The first kappa shape index (κ1) is 10.4. The molecule has 2 saturated heterocycles. The van der Waals surface area contributed by atoms with Crippen molar-refractivity contribution in [2.24, 2.45) is 0 Å². The lowest BCUT2D eigenvalue weighted by Gasteiger charge is -2.34. The van der Waals surface area contributed by atoms with Crippen molar-refractivity contribution in [1.29, 1.82) is 0 Å². The van der Waals surface area contributed by atoms with E-state index in [9.17, 15) is 5.11 Å². The van der Waals surface area contributed by atoms with Gasteiger partial charge in [0.15, 0.2) is 0 Å². The number of hydrogen-bond donors (Lipinski definition) is 2. The monoisotopic (exact) mass is 198 g/mol. The van der Waals surface area contributed by atoms with Crippen LogP contribution in [0.3, 0.4) is 0 Å². The van der Waals surface area contributed by atoms with Crippen molar-refractivity contribution in [3.63, 3.8) is 0 Å². The van der Waals surface area contributed by atoms with E-state index in [2.05, 4.69) is 17.1 Å². The number of nitrogens with zero attached hydrogens (tertiary/aromatic N) is 1. The van der Waals surface area contributed by atoms with Gasteiger partial charge in [-0.05, 0) is 26.3 Å². The molecule has 2 aliphatic rings. The fraction of sp³-hybridized carbons (Fsp3) is 1.00. The molecular weight excluding hydrogens is 176 g/mol. The summed E-state index contributed by atoms with van der Waals surface area (Å²) >= 11 is 0. The Morgan fingerprint density at radius 2 is 2.07 bits per heavy atom. The Balaban J connectivity index is 1.99. The zero-order chi connectivity index (χ0) is 9.97. The largest absolute Gasteiger partial charge is 0.390 e. The van der Waals surface area contributed by atoms with Crippen molar-refractivity contribution in [2.75, 3.05) is 19.6 Å². The lowest BCUT2D eigenvalue weighted by molar-refractivity contribution is 0.0605. The first-order valence-electron chi connectivity index (χ1n) is 5.93. The highest BCUT2D eigenvalue weighted by atomic mass is 16.3. The summed E-state index contributed by atoms with van der Waals surface area (Å²) in [6.45, 7) is 5.21. The van der Waals surface area contributed by atoms with E-state index in [-0.39, 0.29) is 6.10 Å². The maximum absolute atomic E-state index is 9.85. The maximum Gasteiger partial charge on any atom is 0.0831 e. The third kappa shape index (κ3) is 2.10. The van der Waals surface area contributed by atoms with Crippen LogP contribution in [-0.4, -0.2) is 47.8 Å². The van der Waals surface area contributed by atoms with Gasteiger partial charge in [-0.15, -0.1) is 0 Å². The first-order valence-corrected chi connectivity index (χ1v) is 5.93. The Morgan fingerprint density at radius 1 is 1.21 bits per heavy atom. The molecule has 0 amide bonds. The van der Waals surface area contributed by atoms with Crippen molar-refractivity contribution in [3.05, 3.63) is 0 Å². The number of nitrogens with one attached hydrogen (secondary N) is 1. The molecule has 2 heterocycles. The SMILES string of the molecule is CC1CCCCCN1[C@@H]1CNC[C@H]1O. The fourth-order valence-electron chi connectivity index (χ4n) is 2.78. The van der Waals surface area contributed by atoms with Crippen molar-refractivity contribution in [1.82, 2.24) is 10.2 Å². The second kappa shape index (κ2) is 4.60. The van der Waals surface area contributed by atoms with Gasteiger partial charge in [0.2, 0.25) is 0 Å². The normalized spacial score (nSPS) is 41.1. The molecule has 3 nitrogen and oxygen atoms in total. The third-order valence-electron chi connectivity index (χ3n) is 3.68. The zero-order valence-corrected chi connectivity index (χ0v) is 9.08. The second-order valence-electron chi connectivity index (χ2n) is 4.73. The number of hydrogen-bond acceptors (Lipinski definition) is 3. The van der Waals surface area contributed by atoms with Crippen LogP contribution in [-0.2, 0) is 0 Å². The highest BCUT2D eigenvalue weighted by Crippen LogP contribution is 2.21. The molecule has 0 radical (unpaired) electrons. The van der Waals surface area contributed by atoms with Crippen LogP contribution in [0.1, 0.15) is 32.6 Å². The van der Waals surface area contributed by atoms with Gasteiger partial charge in [0.05, 0.1) is 6.10 Å². The minimum atomic E-state index is -0.157. The van der Waals surface area contributed by atoms with Gasteiger partial charge in [0, 0.05) is 25.2 Å². The van der Waals surface area contributed by atoms with Crippen LogP contribution in [0, 0.1) is 0 Å². The molecule has 2 fully saturated rings. The Hall–Kier alpha value is -0.120. The minimum Gasteiger partial charge on any atom is -0.390 e. The van der Waals surface area contributed by atoms with Gasteiger partial charge in [-0.1, -0.05) is 12.8 Å². The number of likely N-dealkylation sites (tertiary alicyclic amines) is 1. The molecule has 0 spiro atoms. The second-order valence-corrected chi connectivity index (χ2v) is 4.73. The summed E-state index contributed by atoms with van der Waals surface area (Å²) in [6.07, 6.45) is 5.15. The molecule has 0 saturated carbocycles. The van der Waals surface area contributed by atoms with Gasteiger partial charge in [-0.3, -0.25) is 4.90 Å². The van der Waals surface area contributed by atoms with Gasteiger partial charge >= 0.3 is 0 Å². The average molecular weight is 198 g/mol. The summed E-state index contributed by atoms with van der Waals surface area (Å²) in [5, 5.41) is 13.1. The summed E-state index contributed by atoms with van der Waals surface area (Å²) in [5.74, 6) is 0. The molecule has 2 aliphatic heterocycles. The molecule has 0 aromatic heterocycles. The number of aliphatic hydroxyl groups is 1. The number of rotatable bonds is 1. The van der Waals surface area contributed by atoms with Crippen LogP contribution in [0.15, 0.2) is 0 Å². The van der Waals surface area contributed by atoms with Gasteiger partial charge in [0.25, 0.3) is 0 Å². The Labute approximate surface area is 86.5 Å². The Kier molecular flexibility index (Phi) is 3.42. The summed E-state index contributed by atoms with van der Waals surface area (Å²) in [7, 11) is 0. The average Bonchev–Trinajstić information content (AvgIpc) is 2.46. The predicted octanol–water partition coefficient (Wildman–Crippen LogP) is 0.584. The lowest BCUT2D eigenvalue weighted by atomic mass is 10.1. The summed E-state index contributed by atoms with van der Waals surface area (Å²) in [5.41, 5.74) is 0. The highest BCUT2D eigenvalue weighted by Gasteiger charge is 2.33. The van der Waals surface area contributed by atoms with E-state index >= 15 is 0 Å². The molecule has 3 heteroatoms. The molecule has 0 aromatic rings. The summed E-state index contributed by atoms with van der Waals surface area (Å²) in [6, 6.07) is 1.01. The number of β-amino-alcohol motifs (C(OH)–C–C–N with tert-alkyl or cyclic N) is 1. The van der Waals surface area contributed by atoms with Crippen LogP contribution < -0.4 is 5.32 Å². The van der Waals surface area contributed by atoms with Gasteiger partial charge in [-0.25, -0.2) is 0 Å². The zero-order valence-electron chi connectivity index (χ0n) is 9.08. The molecule has 2 rings (SSSR count). The van der Waals surface area contributed by atoms with E-state index in [1.54, 1.807) is 0 Å². The third-order valence-corrected chi connectivity index (χ3v) is 3.68. The van der Waals surface area contributed by atoms with E-state index in [0.717, 1.165) is 13.1 Å². The summed E-state index contributed by atoms with van der Waals surface area (Å²) in [4.78, 5) is 2.51. The molecule has 3 atom stereocenters. The lowest BCUT2D eigenvalue weighted by Crippen LogP contribution is -2.47. The standard InChI is InChI=1S/C11H22N2O/c1-9-5-3-2-4-6-13(9)10-7-12-8-11(10)14/h9-12,14H,2-8H2,1H3/t9?,10-,11-/m1/s1.